The molecule has 2 aromatic rings. The Hall–Kier alpha value is -2.07. The highest BCUT2D eigenvalue weighted by Gasteiger charge is 2.02. The lowest BCUT2D eigenvalue weighted by Gasteiger charge is -1.99. The fourth-order valence-electron chi connectivity index (χ4n) is 1.53. The van der Waals surface area contributed by atoms with Crippen LogP contribution in [0.15, 0.2) is 53.0 Å². The predicted octanol–water partition coefficient (Wildman–Crippen LogP) is 3.76. The van der Waals surface area contributed by atoms with Gasteiger partial charge in [-0.15, -0.1) is 0 Å². The summed E-state index contributed by atoms with van der Waals surface area (Å²) in [4.78, 5) is 11.9. The molecule has 19 heavy (non-hydrogen) atoms. The van der Waals surface area contributed by atoms with E-state index in [0.29, 0.717) is 11.1 Å². The third kappa shape index (κ3) is 3.45. The summed E-state index contributed by atoms with van der Waals surface area (Å²) in [5, 5.41) is 18.5. The largest absolute Gasteiger partial charge is 0.504 e. The summed E-state index contributed by atoms with van der Waals surface area (Å²) in [7, 11) is 0. The number of hydrogen-bond acceptors (Lipinski definition) is 3. The minimum absolute atomic E-state index is 0.125. The van der Waals surface area contributed by atoms with Crippen molar-refractivity contribution in [1.82, 2.24) is 0 Å². The van der Waals surface area contributed by atoms with Crippen molar-refractivity contribution >= 4 is 27.8 Å². The average Bonchev–Trinajstić information content (AvgIpc) is 2.40. The second-order valence-corrected chi connectivity index (χ2v) is 4.87. The molecule has 96 valence electrons. The Morgan fingerprint density at radius 3 is 2.32 bits per heavy atom. The Morgan fingerprint density at radius 1 is 1.00 bits per heavy atom. The van der Waals surface area contributed by atoms with Gasteiger partial charge in [-0.2, -0.15) is 0 Å². The van der Waals surface area contributed by atoms with Gasteiger partial charge in [0.15, 0.2) is 17.3 Å². The molecule has 2 N–H and O–H groups in total. The maximum absolute atomic E-state index is 11.9. The highest BCUT2D eigenvalue weighted by atomic mass is 79.9. The van der Waals surface area contributed by atoms with Crippen molar-refractivity contribution in [1.29, 1.82) is 0 Å². The number of carbonyl (C=O) groups is 1. The highest BCUT2D eigenvalue weighted by Crippen LogP contribution is 2.25. The number of hydrogen-bond donors (Lipinski definition) is 2. The third-order valence-electron chi connectivity index (χ3n) is 2.56. The van der Waals surface area contributed by atoms with E-state index in [9.17, 15) is 15.0 Å². The van der Waals surface area contributed by atoms with E-state index >= 15 is 0 Å². The molecule has 0 fully saturated rings. The molecular weight excluding hydrogens is 308 g/mol. The summed E-state index contributed by atoms with van der Waals surface area (Å²) in [5.41, 5.74) is 1.23. The van der Waals surface area contributed by atoms with E-state index < -0.39 is 0 Å². The second-order valence-electron chi connectivity index (χ2n) is 3.95. The Morgan fingerprint density at radius 2 is 1.68 bits per heavy atom. The minimum atomic E-state index is -0.210. The summed E-state index contributed by atoms with van der Waals surface area (Å²) in [6, 6.07) is 11.4. The molecule has 0 heterocycles. The summed E-state index contributed by atoms with van der Waals surface area (Å²) in [6.45, 7) is 0. The number of rotatable bonds is 3. The molecule has 0 unspecified atom stereocenters. The van der Waals surface area contributed by atoms with Crippen molar-refractivity contribution in [3.8, 4) is 11.5 Å². The number of phenolic OH excluding ortho intramolecular Hbond substituents is 2. The number of carbonyl (C=O) groups excluding carboxylic acids is 1. The first-order chi connectivity index (χ1) is 9.06. The standard InChI is InChI=1S/C15H11BrO3/c16-12-5-3-11(4-6-12)13(17)7-1-10-2-8-14(18)15(19)9-10/h1-9,18-19H/b7-1+. The van der Waals surface area contributed by atoms with E-state index in [1.807, 2.05) is 0 Å². The van der Waals surface area contributed by atoms with E-state index in [1.54, 1.807) is 36.4 Å². The van der Waals surface area contributed by atoms with Gasteiger partial charge in [0, 0.05) is 10.0 Å². The molecule has 3 nitrogen and oxygen atoms in total. The molecule has 0 aromatic heterocycles. The minimum Gasteiger partial charge on any atom is -0.504 e. The molecule has 2 aromatic carbocycles. The maximum atomic E-state index is 11.9. The van der Waals surface area contributed by atoms with Crippen molar-refractivity contribution in [2.45, 2.75) is 0 Å². The smallest absolute Gasteiger partial charge is 0.185 e. The van der Waals surface area contributed by atoms with Crippen LogP contribution in [0.4, 0.5) is 0 Å². The maximum Gasteiger partial charge on any atom is 0.185 e. The lowest BCUT2D eigenvalue weighted by Crippen LogP contribution is -1.93. The van der Waals surface area contributed by atoms with Crippen LogP contribution in [0.5, 0.6) is 11.5 Å². The van der Waals surface area contributed by atoms with Gasteiger partial charge < -0.3 is 10.2 Å². The molecule has 0 bridgehead atoms. The molecule has 2 rings (SSSR count). The third-order valence-corrected chi connectivity index (χ3v) is 3.08. The molecule has 0 saturated carbocycles. The SMILES string of the molecule is O=C(/C=C/c1ccc(O)c(O)c1)c1ccc(Br)cc1. The first-order valence-electron chi connectivity index (χ1n) is 5.56. The monoisotopic (exact) mass is 318 g/mol. The van der Waals surface area contributed by atoms with Crippen LogP contribution in [-0.2, 0) is 0 Å². The molecule has 0 aliphatic heterocycles. The molecule has 0 aliphatic carbocycles. The molecule has 4 heteroatoms. The van der Waals surface area contributed by atoms with Crippen LogP contribution in [0.2, 0.25) is 0 Å². The Balaban J connectivity index is 2.15. The molecule has 0 atom stereocenters. The van der Waals surface area contributed by atoms with Crippen LogP contribution in [0.3, 0.4) is 0 Å². The Labute approximate surface area is 119 Å². The summed E-state index contributed by atoms with van der Waals surface area (Å²) < 4.78 is 0.913. The van der Waals surface area contributed by atoms with Gasteiger partial charge in [-0.05, 0) is 48.0 Å². The van der Waals surface area contributed by atoms with Gasteiger partial charge >= 0.3 is 0 Å². The normalized spacial score (nSPS) is 10.8. The number of ketones is 1. The number of aromatic hydroxyl groups is 2. The molecule has 0 saturated heterocycles. The number of benzene rings is 2. The summed E-state index contributed by atoms with van der Waals surface area (Å²) >= 11 is 3.30. The van der Waals surface area contributed by atoms with Gasteiger partial charge in [0.1, 0.15) is 0 Å². The van der Waals surface area contributed by atoms with Crippen molar-refractivity contribution in [3.63, 3.8) is 0 Å². The molecule has 0 radical (unpaired) electrons. The fourth-order valence-corrected chi connectivity index (χ4v) is 1.79. The van der Waals surface area contributed by atoms with Crippen molar-refractivity contribution in [2.24, 2.45) is 0 Å². The van der Waals surface area contributed by atoms with E-state index in [0.717, 1.165) is 4.47 Å². The summed E-state index contributed by atoms with van der Waals surface area (Å²) in [5.74, 6) is -0.519. The van der Waals surface area contributed by atoms with Crippen LogP contribution >= 0.6 is 15.9 Å². The number of halogens is 1. The van der Waals surface area contributed by atoms with E-state index in [2.05, 4.69) is 15.9 Å². The van der Waals surface area contributed by atoms with Crippen LogP contribution in [0.1, 0.15) is 15.9 Å². The predicted molar refractivity (Wildman–Crippen MR) is 77.3 cm³/mol. The van der Waals surface area contributed by atoms with Crippen LogP contribution in [-0.4, -0.2) is 16.0 Å². The zero-order chi connectivity index (χ0) is 13.8. The van der Waals surface area contributed by atoms with E-state index in [1.165, 1.54) is 18.2 Å². The zero-order valence-corrected chi connectivity index (χ0v) is 11.5. The first kappa shape index (κ1) is 13.4. The number of phenols is 2. The molecular formula is C15H11BrO3. The van der Waals surface area contributed by atoms with Gasteiger partial charge in [0.2, 0.25) is 0 Å². The quantitative estimate of drug-likeness (QED) is 0.514. The van der Waals surface area contributed by atoms with Crippen molar-refractivity contribution < 1.29 is 15.0 Å². The lowest BCUT2D eigenvalue weighted by atomic mass is 10.1. The molecule has 0 aliphatic rings. The first-order valence-corrected chi connectivity index (χ1v) is 6.35. The zero-order valence-electron chi connectivity index (χ0n) is 9.88. The lowest BCUT2D eigenvalue weighted by molar-refractivity contribution is 0.104. The van der Waals surface area contributed by atoms with Crippen LogP contribution < -0.4 is 0 Å². The van der Waals surface area contributed by atoms with Gasteiger partial charge in [0.05, 0.1) is 0 Å². The fraction of sp³-hybridized carbons (Fsp3) is 0. The highest BCUT2D eigenvalue weighted by molar-refractivity contribution is 9.10. The van der Waals surface area contributed by atoms with E-state index in [4.69, 9.17) is 0 Å². The average molecular weight is 319 g/mol. The van der Waals surface area contributed by atoms with Gasteiger partial charge in [-0.1, -0.05) is 28.1 Å². The molecule has 0 spiro atoms. The van der Waals surface area contributed by atoms with Gasteiger partial charge in [0.25, 0.3) is 0 Å². The van der Waals surface area contributed by atoms with Crippen LogP contribution in [0, 0.1) is 0 Å². The Bertz CT molecular complexity index is 630. The van der Waals surface area contributed by atoms with Gasteiger partial charge in [-0.3, -0.25) is 4.79 Å². The Kier molecular flexibility index (Phi) is 4.02. The van der Waals surface area contributed by atoms with Crippen molar-refractivity contribution in [3.05, 3.63) is 64.1 Å². The van der Waals surface area contributed by atoms with E-state index in [-0.39, 0.29) is 17.3 Å². The molecule has 0 amide bonds. The van der Waals surface area contributed by atoms with Crippen molar-refractivity contribution in [2.75, 3.05) is 0 Å². The topological polar surface area (TPSA) is 57.5 Å². The second kappa shape index (κ2) is 5.71. The summed E-state index contributed by atoms with van der Waals surface area (Å²) in [6.07, 6.45) is 3.01. The number of allylic oxidation sites excluding steroid dienone is 1. The van der Waals surface area contributed by atoms with Crippen LogP contribution in [0.25, 0.3) is 6.08 Å². The van der Waals surface area contributed by atoms with Gasteiger partial charge in [-0.25, -0.2) is 0 Å².